The third kappa shape index (κ3) is 2.65. The number of benzene rings is 1. The number of thiophene rings is 1. The van der Waals surface area contributed by atoms with Crippen molar-refractivity contribution >= 4 is 17.3 Å². The Hall–Kier alpha value is -1.81. The zero-order chi connectivity index (χ0) is 12.3. The summed E-state index contributed by atoms with van der Waals surface area (Å²) >= 11 is 1.59. The minimum absolute atomic E-state index is 0.143. The van der Waals surface area contributed by atoms with Gasteiger partial charge in [0, 0.05) is 4.88 Å². The Labute approximate surface area is 103 Å². The molecule has 0 saturated heterocycles. The molecule has 0 saturated carbocycles. The van der Waals surface area contributed by atoms with Gasteiger partial charge in [-0.2, -0.15) is 0 Å². The van der Waals surface area contributed by atoms with Crippen LogP contribution >= 0.6 is 11.3 Å². The molecular formula is C13H12O3S. The third-order valence-electron chi connectivity index (χ3n) is 2.37. The van der Waals surface area contributed by atoms with Gasteiger partial charge in [-0.3, -0.25) is 0 Å². The van der Waals surface area contributed by atoms with Gasteiger partial charge in [0.25, 0.3) is 0 Å². The summed E-state index contributed by atoms with van der Waals surface area (Å²) in [6.07, 6.45) is -0.143. The Bertz CT molecular complexity index is 505. The first-order valence-corrected chi connectivity index (χ1v) is 6.09. The van der Waals surface area contributed by atoms with Crippen LogP contribution in [0, 0.1) is 0 Å². The van der Waals surface area contributed by atoms with Crippen molar-refractivity contribution in [1.29, 1.82) is 0 Å². The van der Waals surface area contributed by atoms with Crippen LogP contribution in [0.15, 0.2) is 41.8 Å². The predicted octanol–water partition coefficient (Wildman–Crippen LogP) is 3.59. The van der Waals surface area contributed by atoms with Gasteiger partial charge in [-0.25, -0.2) is 4.79 Å². The average molecular weight is 248 g/mol. The number of carbonyl (C=O) groups is 1. The summed E-state index contributed by atoms with van der Waals surface area (Å²) < 4.78 is 5.68. The highest BCUT2D eigenvalue weighted by Crippen LogP contribution is 2.27. The van der Waals surface area contributed by atoms with Gasteiger partial charge in [0.1, 0.15) is 17.4 Å². The highest BCUT2D eigenvalue weighted by molar-refractivity contribution is 7.10. The standard InChI is InChI=1S/C13H12O3S/c1-9(12-7-4-8-17-12)16-11-6-3-2-5-10(11)13(14)15/h2-9H,1H3,(H,14,15). The number of ether oxygens (including phenoxy) is 1. The van der Waals surface area contributed by atoms with E-state index in [1.165, 1.54) is 0 Å². The molecule has 2 aromatic rings. The zero-order valence-corrected chi connectivity index (χ0v) is 10.1. The molecule has 0 radical (unpaired) electrons. The van der Waals surface area contributed by atoms with E-state index in [0.29, 0.717) is 5.75 Å². The van der Waals surface area contributed by atoms with Crippen LogP contribution in [0.3, 0.4) is 0 Å². The Morgan fingerprint density at radius 3 is 2.71 bits per heavy atom. The van der Waals surface area contributed by atoms with Crippen molar-refractivity contribution in [2.24, 2.45) is 0 Å². The van der Waals surface area contributed by atoms with Gasteiger partial charge in [-0.15, -0.1) is 11.3 Å². The van der Waals surface area contributed by atoms with Crippen LogP contribution in [0.1, 0.15) is 28.3 Å². The van der Waals surface area contributed by atoms with E-state index in [1.807, 2.05) is 24.4 Å². The van der Waals surface area contributed by atoms with Gasteiger partial charge in [0.15, 0.2) is 0 Å². The first-order valence-electron chi connectivity index (χ1n) is 5.21. The monoisotopic (exact) mass is 248 g/mol. The quantitative estimate of drug-likeness (QED) is 0.899. The van der Waals surface area contributed by atoms with Gasteiger partial charge in [-0.1, -0.05) is 18.2 Å². The van der Waals surface area contributed by atoms with Crippen molar-refractivity contribution in [3.8, 4) is 5.75 Å². The molecule has 0 bridgehead atoms. The van der Waals surface area contributed by atoms with Crippen molar-refractivity contribution in [3.63, 3.8) is 0 Å². The van der Waals surface area contributed by atoms with Gasteiger partial charge >= 0.3 is 5.97 Å². The minimum atomic E-state index is -0.973. The van der Waals surface area contributed by atoms with Gasteiger partial charge in [0.2, 0.25) is 0 Å². The first-order chi connectivity index (χ1) is 8.18. The lowest BCUT2D eigenvalue weighted by atomic mass is 10.2. The fourth-order valence-corrected chi connectivity index (χ4v) is 2.23. The number of carboxylic acid groups (broad SMARTS) is 1. The van der Waals surface area contributed by atoms with Crippen LogP contribution < -0.4 is 4.74 Å². The van der Waals surface area contributed by atoms with Crippen molar-refractivity contribution in [2.45, 2.75) is 13.0 Å². The topological polar surface area (TPSA) is 46.5 Å². The molecule has 1 aromatic heterocycles. The summed E-state index contributed by atoms with van der Waals surface area (Å²) in [5.74, 6) is -0.570. The van der Waals surface area contributed by atoms with Crippen LogP contribution in [-0.4, -0.2) is 11.1 Å². The number of hydrogen-bond donors (Lipinski definition) is 1. The highest BCUT2D eigenvalue weighted by atomic mass is 32.1. The highest BCUT2D eigenvalue weighted by Gasteiger charge is 2.14. The molecule has 0 aliphatic heterocycles. The molecule has 4 heteroatoms. The lowest BCUT2D eigenvalue weighted by Crippen LogP contribution is -2.06. The number of para-hydroxylation sites is 1. The SMILES string of the molecule is CC(Oc1ccccc1C(=O)O)c1cccs1. The summed E-state index contributed by atoms with van der Waals surface area (Å²) in [6, 6.07) is 10.6. The fraction of sp³-hybridized carbons (Fsp3) is 0.154. The van der Waals surface area contributed by atoms with E-state index >= 15 is 0 Å². The largest absolute Gasteiger partial charge is 0.484 e. The molecule has 88 valence electrons. The van der Waals surface area contributed by atoms with E-state index in [9.17, 15) is 4.79 Å². The normalized spacial score (nSPS) is 12.1. The summed E-state index contributed by atoms with van der Waals surface area (Å²) in [5, 5.41) is 11.0. The lowest BCUT2D eigenvalue weighted by Gasteiger charge is -2.14. The van der Waals surface area contributed by atoms with Crippen molar-refractivity contribution < 1.29 is 14.6 Å². The molecule has 0 amide bonds. The Morgan fingerprint density at radius 2 is 2.06 bits per heavy atom. The molecule has 1 N–H and O–H groups in total. The Kier molecular flexibility index (Phi) is 3.44. The van der Waals surface area contributed by atoms with Crippen molar-refractivity contribution in [1.82, 2.24) is 0 Å². The zero-order valence-electron chi connectivity index (χ0n) is 9.29. The average Bonchev–Trinajstić information content (AvgIpc) is 2.83. The molecule has 0 fully saturated rings. The van der Waals surface area contributed by atoms with Crippen molar-refractivity contribution in [2.75, 3.05) is 0 Å². The van der Waals surface area contributed by atoms with E-state index in [0.717, 1.165) is 4.88 Å². The molecular weight excluding hydrogens is 236 g/mol. The second-order valence-corrected chi connectivity index (χ2v) is 4.56. The number of rotatable bonds is 4. The van der Waals surface area contributed by atoms with E-state index in [1.54, 1.807) is 35.6 Å². The number of carboxylic acids is 1. The Balaban J connectivity index is 2.21. The molecule has 0 aliphatic carbocycles. The van der Waals surface area contributed by atoms with Crippen molar-refractivity contribution in [3.05, 3.63) is 52.2 Å². The summed E-state index contributed by atoms with van der Waals surface area (Å²) in [6.45, 7) is 1.91. The molecule has 1 heterocycles. The maximum absolute atomic E-state index is 11.0. The van der Waals surface area contributed by atoms with Crippen LogP contribution in [0.25, 0.3) is 0 Å². The lowest BCUT2D eigenvalue weighted by molar-refractivity contribution is 0.0690. The predicted molar refractivity (Wildman–Crippen MR) is 66.8 cm³/mol. The molecule has 1 aromatic carbocycles. The van der Waals surface area contributed by atoms with Gasteiger partial charge in [-0.05, 0) is 30.5 Å². The second-order valence-electron chi connectivity index (χ2n) is 3.58. The molecule has 17 heavy (non-hydrogen) atoms. The third-order valence-corrected chi connectivity index (χ3v) is 3.40. The summed E-state index contributed by atoms with van der Waals surface area (Å²) in [5.41, 5.74) is 0.191. The number of hydrogen-bond acceptors (Lipinski definition) is 3. The fourth-order valence-electron chi connectivity index (χ4n) is 1.52. The van der Waals surface area contributed by atoms with E-state index in [4.69, 9.17) is 9.84 Å². The number of aromatic carboxylic acids is 1. The molecule has 0 aliphatic rings. The van der Waals surface area contributed by atoms with Gasteiger partial charge < -0.3 is 9.84 Å². The van der Waals surface area contributed by atoms with Crippen LogP contribution in [-0.2, 0) is 0 Å². The molecule has 1 atom stereocenters. The molecule has 0 spiro atoms. The molecule has 2 rings (SSSR count). The smallest absolute Gasteiger partial charge is 0.339 e. The van der Waals surface area contributed by atoms with Crippen LogP contribution in [0.4, 0.5) is 0 Å². The summed E-state index contributed by atoms with van der Waals surface area (Å²) in [4.78, 5) is 12.1. The van der Waals surface area contributed by atoms with E-state index in [-0.39, 0.29) is 11.7 Å². The molecule has 3 nitrogen and oxygen atoms in total. The van der Waals surface area contributed by atoms with Crippen LogP contribution in [0.5, 0.6) is 5.75 Å². The second kappa shape index (κ2) is 5.01. The van der Waals surface area contributed by atoms with Crippen LogP contribution in [0.2, 0.25) is 0 Å². The maximum Gasteiger partial charge on any atom is 0.339 e. The van der Waals surface area contributed by atoms with E-state index < -0.39 is 5.97 Å². The molecule has 1 unspecified atom stereocenters. The summed E-state index contributed by atoms with van der Waals surface area (Å²) in [7, 11) is 0. The maximum atomic E-state index is 11.0. The first kappa shape index (κ1) is 11.7. The Morgan fingerprint density at radius 1 is 1.29 bits per heavy atom. The minimum Gasteiger partial charge on any atom is -0.484 e. The van der Waals surface area contributed by atoms with E-state index in [2.05, 4.69) is 0 Å². The van der Waals surface area contributed by atoms with Gasteiger partial charge in [0.05, 0.1) is 0 Å².